The van der Waals surface area contributed by atoms with E-state index in [1.54, 1.807) is 18.2 Å². The Morgan fingerprint density at radius 1 is 1.00 bits per heavy atom. The molecule has 1 fully saturated rings. The highest BCUT2D eigenvalue weighted by molar-refractivity contribution is 5.42. The van der Waals surface area contributed by atoms with E-state index in [1.165, 1.54) is 11.1 Å². The lowest BCUT2D eigenvalue weighted by atomic mass is 9.85. The van der Waals surface area contributed by atoms with Crippen molar-refractivity contribution in [3.8, 4) is 0 Å². The van der Waals surface area contributed by atoms with Crippen LogP contribution in [0.15, 0.2) is 36.4 Å². The molecule has 27 heavy (non-hydrogen) atoms. The summed E-state index contributed by atoms with van der Waals surface area (Å²) in [5, 5.41) is 39.9. The number of aryl methyl sites for hydroxylation is 3. The van der Waals surface area contributed by atoms with Gasteiger partial charge in [0, 0.05) is 2.74 Å². The van der Waals surface area contributed by atoms with Crippen LogP contribution in [0.25, 0.3) is 0 Å². The number of ether oxygens (including phenoxy) is 1. The summed E-state index contributed by atoms with van der Waals surface area (Å²) in [7, 11) is 0. The lowest BCUT2D eigenvalue weighted by Crippen LogP contribution is -2.55. The summed E-state index contributed by atoms with van der Waals surface area (Å²) in [6, 6.07) is 10.8. The van der Waals surface area contributed by atoms with Crippen LogP contribution >= 0.6 is 0 Å². The molecule has 4 N–H and O–H groups in total. The normalized spacial score (nSPS) is 31.5. The molecule has 0 aromatic heterocycles. The van der Waals surface area contributed by atoms with Crippen LogP contribution < -0.4 is 0 Å². The molecule has 1 saturated heterocycles. The molecule has 2 aromatic rings. The zero-order chi connectivity index (χ0) is 20.9. The van der Waals surface area contributed by atoms with Crippen LogP contribution in [0.5, 0.6) is 0 Å². The van der Waals surface area contributed by atoms with Crippen molar-refractivity contribution in [2.75, 3.05) is 6.61 Å². The summed E-state index contributed by atoms with van der Waals surface area (Å²) in [5.41, 5.74) is 4.70. The van der Waals surface area contributed by atoms with E-state index in [4.69, 9.17) is 7.48 Å². The second-order valence-corrected chi connectivity index (χ2v) is 7.43. The highest BCUT2D eigenvalue weighted by Crippen LogP contribution is 2.34. The predicted molar refractivity (Wildman–Crippen MR) is 101 cm³/mol. The van der Waals surface area contributed by atoms with Crippen LogP contribution in [0, 0.1) is 6.92 Å². The molecular weight excluding hydrogens is 344 g/mol. The van der Waals surface area contributed by atoms with Crippen LogP contribution in [0.2, 0.25) is 0 Å². The van der Waals surface area contributed by atoms with Crippen LogP contribution in [0.4, 0.5) is 0 Å². The van der Waals surface area contributed by atoms with Crippen molar-refractivity contribution in [1.29, 1.82) is 0 Å². The number of hydrogen-bond donors (Lipinski definition) is 4. The minimum absolute atomic E-state index is 0.450. The SMILES string of the molecule is [2H]C([2H])(c1ccc2c(c1)CC2)c1cc([C@@H]2O[C@H](CO)[C@@H](O)[C@H](O)[C@H]2O)ccc1C. The van der Waals surface area contributed by atoms with Gasteiger partial charge in [0.2, 0.25) is 0 Å². The standard InChI is InChI=1S/C22H26O5/c1-12-2-4-16(22-21(26)20(25)19(24)18(11-23)27-22)10-17(12)9-13-3-5-14-6-7-15(14)8-13/h2-5,8,10,18-26H,6-7,9,11H2,1H3/t18-,19-,20+,21-,22+/m1/s1/i9D2. The number of aliphatic hydroxyl groups excluding tert-OH is 4. The fourth-order valence-electron chi connectivity index (χ4n) is 3.76. The van der Waals surface area contributed by atoms with Gasteiger partial charge in [0.25, 0.3) is 0 Å². The molecule has 4 rings (SSSR count). The first-order valence-corrected chi connectivity index (χ1v) is 9.28. The molecule has 0 unspecified atom stereocenters. The maximum atomic E-state index is 10.4. The molecule has 0 amide bonds. The molecule has 0 saturated carbocycles. The van der Waals surface area contributed by atoms with E-state index in [1.807, 2.05) is 25.1 Å². The topological polar surface area (TPSA) is 90.2 Å². The van der Waals surface area contributed by atoms with Crippen molar-refractivity contribution in [2.45, 2.75) is 56.7 Å². The first-order valence-electron chi connectivity index (χ1n) is 10.3. The van der Waals surface area contributed by atoms with Gasteiger partial charge < -0.3 is 25.2 Å². The number of hydrogen-bond acceptors (Lipinski definition) is 5. The molecule has 144 valence electrons. The van der Waals surface area contributed by atoms with Crippen molar-refractivity contribution in [1.82, 2.24) is 0 Å². The van der Waals surface area contributed by atoms with Gasteiger partial charge in [-0.15, -0.1) is 0 Å². The van der Waals surface area contributed by atoms with Crippen molar-refractivity contribution in [3.63, 3.8) is 0 Å². The van der Waals surface area contributed by atoms with Gasteiger partial charge in [0.05, 0.1) is 6.61 Å². The second-order valence-electron chi connectivity index (χ2n) is 7.43. The summed E-state index contributed by atoms with van der Waals surface area (Å²) in [6.07, 6.45) is -6.05. The summed E-state index contributed by atoms with van der Waals surface area (Å²) in [6.45, 7) is 1.32. The Morgan fingerprint density at radius 3 is 2.44 bits per heavy atom. The molecule has 1 aliphatic carbocycles. The highest BCUT2D eigenvalue weighted by atomic mass is 16.5. The average molecular weight is 372 g/mol. The molecule has 0 spiro atoms. The van der Waals surface area contributed by atoms with E-state index in [0.717, 1.165) is 18.4 Å². The molecule has 5 heteroatoms. The fraction of sp³-hybridized carbons (Fsp3) is 0.455. The largest absolute Gasteiger partial charge is 0.394 e. The van der Waals surface area contributed by atoms with E-state index in [2.05, 4.69) is 0 Å². The summed E-state index contributed by atoms with van der Waals surface area (Å²) in [5.74, 6) is 0. The fourth-order valence-corrected chi connectivity index (χ4v) is 3.76. The zero-order valence-corrected chi connectivity index (χ0v) is 15.2. The minimum atomic E-state index is -1.75. The van der Waals surface area contributed by atoms with E-state index < -0.39 is 43.5 Å². The van der Waals surface area contributed by atoms with Gasteiger partial charge in [-0.1, -0.05) is 36.4 Å². The van der Waals surface area contributed by atoms with Crippen LogP contribution in [0.1, 0.15) is 42.2 Å². The molecule has 0 radical (unpaired) electrons. The Balaban J connectivity index is 1.71. The third-order valence-electron chi connectivity index (χ3n) is 5.63. The first-order chi connectivity index (χ1) is 13.7. The zero-order valence-electron chi connectivity index (χ0n) is 17.2. The van der Waals surface area contributed by atoms with E-state index in [9.17, 15) is 20.4 Å². The molecule has 1 heterocycles. The van der Waals surface area contributed by atoms with E-state index in [0.29, 0.717) is 16.7 Å². The van der Waals surface area contributed by atoms with Crippen molar-refractivity contribution in [2.24, 2.45) is 0 Å². The molecule has 5 nitrogen and oxygen atoms in total. The maximum Gasteiger partial charge on any atom is 0.113 e. The second kappa shape index (κ2) is 7.34. The van der Waals surface area contributed by atoms with Crippen molar-refractivity contribution < 1.29 is 27.9 Å². The lowest BCUT2D eigenvalue weighted by molar-refractivity contribution is -0.231. The van der Waals surface area contributed by atoms with Crippen molar-refractivity contribution >= 4 is 0 Å². The average Bonchev–Trinajstić information content (AvgIpc) is 2.68. The Morgan fingerprint density at radius 2 is 1.78 bits per heavy atom. The molecule has 0 bridgehead atoms. The van der Waals surface area contributed by atoms with Crippen molar-refractivity contribution in [3.05, 3.63) is 69.8 Å². The van der Waals surface area contributed by atoms with Gasteiger partial charge in [0.1, 0.15) is 30.5 Å². The van der Waals surface area contributed by atoms with Crippen LogP contribution in [0.3, 0.4) is 0 Å². The lowest BCUT2D eigenvalue weighted by Gasteiger charge is -2.40. The van der Waals surface area contributed by atoms with Gasteiger partial charge in [-0.3, -0.25) is 0 Å². The predicted octanol–water partition coefficient (Wildman–Crippen LogP) is 1.20. The summed E-state index contributed by atoms with van der Waals surface area (Å²) in [4.78, 5) is 0. The van der Waals surface area contributed by atoms with Gasteiger partial charge in [0.15, 0.2) is 0 Å². The summed E-state index contributed by atoms with van der Waals surface area (Å²) >= 11 is 0. The summed E-state index contributed by atoms with van der Waals surface area (Å²) < 4.78 is 23.2. The van der Waals surface area contributed by atoms with E-state index in [-0.39, 0.29) is 0 Å². The number of fused-ring (bicyclic) bond motifs is 1. The number of aliphatic hydroxyl groups is 4. The van der Waals surface area contributed by atoms with Crippen LogP contribution in [-0.2, 0) is 24.0 Å². The van der Waals surface area contributed by atoms with Gasteiger partial charge in [-0.05, 0) is 59.5 Å². The molecule has 5 atom stereocenters. The number of rotatable bonds is 4. The Kier molecular flexibility index (Phi) is 4.41. The molecule has 2 aliphatic rings. The molecular formula is C22H26O5. The van der Waals surface area contributed by atoms with Gasteiger partial charge >= 0.3 is 0 Å². The molecule has 2 aromatic carbocycles. The third-order valence-corrected chi connectivity index (χ3v) is 5.63. The Hall–Kier alpha value is -1.76. The van der Waals surface area contributed by atoms with Gasteiger partial charge in [-0.25, -0.2) is 0 Å². The molecule has 1 aliphatic heterocycles. The van der Waals surface area contributed by atoms with Crippen LogP contribution in [-0.4, -0.2) is 51.4 Å². The maximum absolute atomic E-state index is 10.4. The smallest absolute Gasteiger partial charge is 0.113 e. The number of benzene rings is 2. The Bertz CT molecular complexity index is 914. The van der Waals surface area contributed by atoms with E-state index >= 15 is 0 Å². The third kappa shape index (κ3) is 3.42. The Labute approximate surface area is 161 Å². The first kappa shape index (κ1) is 16.2. The quantitative estimate of drug-likeness (QED) is 0.648. The monoisotopic (exact) mass is 372 g/mol. The highest BCUT2D eigenvalue weighted by Gasteiger charge is 2.43. The van der Waals surface area contributed by atoms with Gasteiger partial charge in [-0.2, -0.15) is 0 Å². The minimum Gasteiger partial charge on any atom is -0.394 e.